The standard InChI is InChI=1S/C5H5BrN4OS/c6-5-8-4(2-12-5)3(1-11)9-10-7/h2-3,11H,1H2. The van der Waals surface area contributed by atoms with E-state index in [1.54, 1.807) is 5.38 Å². The number of rotatable bonds is 3. The number of aliphatic hydroxyl groups excluding tert-OH is 1. The smallest absolute Gasteiger partial charge is 0.159 e. The quantitative estimate of drug-likeness (QED) is 0.506. The van der Waals surface area contributed by atoms with E-state index in [0.29, 0.717) is 9.61 Å². The molecule has 1 rings (SSSR count). The normalized spacial score (nSPS) is 12.2. The Balaban J connectivity index is 2.86. The lowest BCUT2D eigenvalue weighted by Crippen LogP contribution is -1.99. The summed E-state index contributed by atoms with van der Waals surface area (Å²) in [4.78, 5) is 6.62. The molecule has 1 atom stereocenters. The lowest BCUT2D eigenvalue weighted by molar-refractivity contribution is 0.266. The molecule has 1 aromatic heterocycles. The predicted octanol–water partition coefficient (Wildman–Crippen LogP) is 2.25. The van der Waals surface area contributed by atoms with E-state index in [9.17, 15) is 0 Å². The fraction of sp³-hybridized carbons (Fsp3) is 0.400. The van der Waals surface area contributed by atoms with Gasteiger partial charge in [-0.3, -0.25) is 0 Å². The van der Waals surface area contributed by atoms with Gasteiger partial charge in [0.25, 0.3) is 0 Å². The van der Waals surface area contributed by atoms with Gasteiger partial charge in [0.15, 0.2) is 3.92 Å². The Hall–Kier alpha value is -0.620. The van der Waals surface area contributed by atoms with Gasteiger partial charge in [-0.05, 0) is 21.5 Å². The van der Waals surface area contributed by atoms with E-state index in [4.69, 9.17) is 10.6 Å². The van der Waals surface area contributed by atoms with Crippen molar-refractivity contribution in [1.29, 1.82) is 0 Å². The zero-order valence-corrected chi connectivity index (χ0v) is 8.29. The number of halogens is 1. The molecule has 1 N–H and O–H groups in total. The highest BCUT2D eigenvalue weighted by molar-refractivity contribution is 9.11. The van der Waals surface area contributed by atoms with E-state index in [2.05, 4.69) is 30.9 Å². The van der Waals surface area contributed by atoms with Gasteiger partial charge in [-0.1, -0.05) is 5.11 Å². The molecule has 0 aliphatic rings. The summed E-state index contributed by atoms with van der Waals surface area (Å²) >= 11 is 4.56. The Morgan fingerprint density at radius 2 is 2.67 bits per heavy atom. The third kappa shape index (κ3) is 2.18. The summed E-state index contributed by atoms with van der Waals surface area (Å²) in [6.07, 6.45) is 0. The molecule has 0 amide bonds. The van der Waals surface area contributed by atoms with Crippen LogP contribution in [0.3, 0.4) is 0 Å². The minimum Gasteiger partial charge on any atom is -0.396 e. The van der Waals surface area contributed by atoms with Crippen molar-refractivity contribution >= 4 is 27.3 Å². The van der Waals surface area contributed by atoms with Crippen LogP contribution in [0.25, 0.3) is 10.4 Å². The van der Waals surface area contributed by atoms with Crippen LogP contribution in [-0.2, 0) is 0 Å². The highest BCUT2D eigenvalue weighted by Crippen LogP contribution is 2.22. The van der Waals surface area contributed by atoms with E-state index in [1.165, 1.54) is 11.3 Å². The highest BCUT2D eigenvalue weighted by Gasteiger charge is 2.10. The van der Waals surface area contributed by atoms with Gasteiger partial charge in [-0.15, -0.1) is 11.3 Å². The Kier molecular flexibility index (Phi) is 3.48. The number of thiazole rings is 1. The average molecular weight is 249 g/mol. The third-order valence-corrected chi connectivity index (χ3v) is 2.58. The minimum absolute atomic E-state index is 0.222. The Morgan fingerprint density at radius 3 is 3.08 bits per heavy atom. The zero-order valence-electron chi connectivity index (χ0n) is 5.88. The molecular formula is C5H5BrN4OS. The summed E-state index contributed by atoms with van der Waals surface area (Å²) in [5, 5.41) is 13.9. The Morgan fingerprint density at radius 1 is 1.92 bits per heavy atom. The van der Waals surface area contributed by atoms with Crippen LogP contribution in [0.1, 0.15) is 11.7 Å². The molecule has 1 unspecified atom stereocenters. The van der Waals surface area contributed by atoms with Crippen LogP contribution < -0.4 is 0 Å². The van der Waals surface area contributed by atoms with Crippen molar-refractivity contribution in [2.24, 2.45) is 5.11 Å². The van der Waals surface area contributed by atoms with Crippen LogP contribution in [0.15, 0.2) is 14.4 Å². The van der Waals surface area contributed by atoms with Crippen molar-refractivity contribution in [2.45, 2.75) is 6.04 Å². The molecule has 12 heavy (non-hydrogen) atoms. The second-order valence-corrected chi connectivity index (χ2v) is 4.06. The van der Waals surface area contributed by atoms with Gasteiger partial charge in [-0.25, -0.2) is 4.98 Å². The summed E-state index contributed by atoms with van der Waals surface area (Å²) in [6.45, 7) is -0.222. The van der Waals surface area contributed by atoms with Gasteiger partial charge in [0.1, 0.15) is 6.04 Å². The fourth-order valence-electron chi connectivity index (χ4n) is 0.668. The fourth-order valence-corrected chi connectivity index (χ4v) is 1.74. The summed E-state index contributed by atoms with van der Waals surface area (Å²) < 4.78 is 0.712. The molecule has 0 saturated heterocycles. The lowest BCUT2D eigenvalue weighted by Gasteiger charge is -2.00. The molecule has 0 spiro atoms. The number of azide groups is 1. The Bertz CT molecular complexity index is 308. The maximum atomic E-state index is 8.80. The first kappa shape index (κ1) is 9.47. The monoisotopic (exact) mass is 248 g/mol. The Labute approximate surface area is 80.8 Å². The third-order valence-electron chi connectivity index (χ3n) is 1.20. The second kappa shape index (κ2) is 4.42. The van der Waals surface area contributed by atoms with Gasteiger partial charge < -0.3 is 5.11 Å². The largest absolute Gasteiger partial charge is 0.396 e. The maximum absolute atomic E-state index is 8.80. The molecule has 5 nitrogen and oxygen atoms in total. The van der Waals surface area contributed by atoms with Crippen LogP contribution in [0, 0.1) is 0 Å². The van der Waals surface area contributed by atoms with Crippen molar-refractivity contribution in [3.05, 3.63) is 25.4 Å². The molecule has 1 aromatic rings. The molecule has 0 fully saturated rings. The number of aliphatic hydroxyl groups is 1. The van der Waals surface area contributed by atoms with Crippen LogP contribution >= 0.6 is 27.3 Å². The highest BCUT2D eigenvalue weighted by atomic mass is 79.9. The first-order valence-electron chi connectivity index (χ1n) is 3.04. The van der Waals surface area contributed by atoms with Crippen molar-refractivity contribution in [3.8, 4) is 0 Å². The van der Waals surface area contributed by atoms with Gasteiger partial charge in [-0.2, -0.15) is 0 Å². The average Bonchev–Trinajstić information content (AvgIpc) is 2.47. The van der Waals surface area contributed by atoms with Crippen molar-refractivity contribution < 1.29 is 5.11 Å². The van der Waals surface area contributed by atoms with Gasteiger partial charge >= 0.3 is 0 Å². The molecule has 0 aromatic carbocycles. The zero-order chi connectivity index (χ0) is 8.97. The lowest BCUT2D eigenvalue weighted by atomic mass is 10.3. The summed E-state index contributed by atoms with van der Waals surface area (Å²) in [7, 11) is 0. The molecule has 0 radical (unpaired) electrons. The summed E-state index contributed by atoms with van der Waals surface area (Å²) in [5.74, 6) is 0. The first-order valence-corrected chi connectivity index (χ1v) is 4.71. The molecule has 1 heterocycles. The van der Waals surface area contributed by atoms with Crippen LogP contribution in [-0.4, -0.2) is 16.7 Å². The predicted molar refractivity (Wildman–Crippen MR) is 48.8 cm³/mol. The molecular weight excluding hydrogens is 244 g/mol. The van der Waals surface area contributed by atoms with Crippen LogP contribution in [0.4, 0.5) is 0 Å². The number of hydrogen-bond acceptors (Lipinski definition) is 4. The van der Waals surface area contributed by atoms with Crippen LogP contribution in [0.5, 0.6) is 0 Å². The molecule has 0 saturated carbocycles. The van der Waals surface area contributed by atoms with Gasteiger partial charge in [0.05, 0.1) is 12.3 Å². The van der Waals surface area contributed by atoms with E-state index in [-0.39, 0.29) is 6.61 Å². The second-order valence-electron chi connectivity index (χ2n) is 1.93. The molecule has 0 aliphatic heterocycles. The number of aromatic nitrogens is 1. The van der Waals surface area contributed by atoms with E-state index >= 15 is 0 Å². The van der Waals surface area contributed by atoms with E-state index in [1.807, 2.05) is 0 Å². The van der Waals surface area contributed by atoms with E-state index in [0.717, 1.165) is 0 Å². The number of nitrogens with zero attached hydrogens (tertiary/aromatic N) is 4. The SMILES string of the molecule is [N-]=[N+]=NC(CO)c1csc(Br)n1. The van der Waals surface area contributed by atoms with E-state index < -0.39 is 6.04 Å². The molecule has 64 valence electrons. The van der Waals surface area contributed by atoms with Crippen LogP contribution in [0.2, 0.25) is 0 Å². The summed E-state index contributed by atoms with van der Waals surface area (Å²) in [5.41, 5.74) is 8.74. The molecule has 7 heteroatoms. The van der Waals surface area contributed by atoms with Crippen molar-refractivity contribution in [3.63, 3.8) is 0 Å². The van der Waals surface area contributed by atoms with Crippen molar-refractivity contribution in [1.82, 2.24) is 4.98 Å². The minimum atomic E-state index is -0.572. The molecule has 0 bridgehead atoms. The number of hydrogen-bond donors (Lipinski definition) is 1. The van der Waals surface area contributed by atoms with Gasteiger partial charge in [0.2, 0.25) is 0 Å². The topological polar surface area (TPSA) is 81.9 Å². The maximum Gasteiger partial charge on any atom is 0.159 e. The van der Waals surface area contributed by atoms with Crippen molar-refractivity contribution in [2.75, 3.05) is 6.61 Å². The van der Waals surface area contributed by atoms with Gasteiger partial charge in [0, 0.05) is 10.3 Å². The molecule has 0 aliphatic carbocycles. The summed E-state index contributed by atoms with van der Waals surface area (Å²) in [6, 6.07) is -0.572. The first-order chi connectivity index (χ1) is 5.77.